The summed E-state index contributed by atoms with van der Waals surface area (Å²) in [4.78, 5) is 33.7. The van der Waals surface area contributed by atoms with Gasteiger partial charge in [-0.1, -0.05) is 18.2 Å². The minimum atomic E-state index is -1.45. The number of carbonyl (C=O) groups excluding carboxylic acids is 3. The highest BCUT2D eigenvalue weighted by atomic mass is 16.4. The van der Waals surface area contributed by atoms with Crippen molar-refractivity contribution in [3.8, 4) is 0 Å². The molecule has 18 heavy (non-hydrogen) atoms. The van der Waals surface area contributed by atoms with Crippen molar-refractivity contribution >= 4 is 17.8 Å². The Labute approximate surface area is 103 Å². The molecule has 0 saturated carbocycles. The van der Waals surface area contributed by atoms with Crippen molar-refractivity contribution in [2.75, 3.05) is 13.1 Å². The molecule has 0 aliphatic rings. The first-order valence-electron chi connectivity index (χ1n) is 5.24. The lowest BCUT2D eigenvalue weighted by Crippen LogP contribution is -2.43. The molecule has 1 rings (SSSR count). The van der Waals surface area contributed by atoms with Crippen LogP contribution in [0.1, 0.15) is 16.8 Å². The van der Waals surface area contributed by atoms with Crippen LogP contribution in [-0.2, 0) is 9.59 Å². The van der Waals surface area contributed by atoms with Crippen LogP contribution in [0.4, 0.5) is 0 Å². The lowest BCUT2D eigenvalue weighted by molar-refractivity contribution is -0.309. The van der Waals surface area contributed by atoms with Crippen LogP contribution >= 0.6 is 0 Å². The first-order chi connectivity index (χ1) is 8.50. The highest BCUT2D eigenvalue weighted by Crippen LogP contribution is 2.05. The predicted molar refractivity (Wildman–Crippen MR) is 57.0 cm³/mol. The van der Waals surface area contributed by atoms with Gasteiger partial charge in [-0.3, -0.25) is 4.79 Å². The third-order valence-corrected chi connectivity index (χ3v) is 2.21. The normalized spacial score (nSPS) is 9.78. The van der Waals surface area contributed by atoms with Crippen LogP contribution in [0.25, 0.3) is 0 Å². The molecule has 0 aromatic heterocycles. The molecule has 0 radical (unpaired) electrons. The van der Waals surface area contributed by atoms with Crippen molar-refractivity contribution < 1.29 is 24.6 Å². The van der Waals surface area contributed by atoms with E-state index in [1.54, 1.807) is 18.2 Å². The summed E-state index contributed by atoms with van der Waals surface area (Å²) in [7, 11) is 0. The molecule has 1 aromatic carbocycles. The summed E-state index contributed by atoms with van der Waals surface area (Å²) >= 11 is 0. The van der Waals surface area contributed by atoms with Gasteiger partial charge >= 0.3 is 0 Å². The number of carboxylic acid groups (broad SMARTS) is 2. The van der Waals surface area contributed by atoms with Crippen molar-refractivity contribution in [3.63, 3.8) is 0 Å². The monoisotopic (exact) mass is 249 g/mol. The second-order valence-electron chi connectivity index (χ2n) is 3.59. The lowest BCUT2D eigenvalue weighted by Gasteiger charge is -2.23. The molecule has 0 fully saturated rings. The molecule has 96 valence electrons. The van der Waals surface area contributed by atoms with E-state index in [1.807, 2.05) is 0 Å². The Balaban J connectivity index is 2.78. The Bertz CT molecular complexity index is 443. The summed E-state index contributed by atoms with van der Waals surface area (Å²) in [6.07, 6.45) is -0.425. The Morgan fingerprint density at radius 3 is 2.11 bits per heavy atom. The van der Waals surface area contributed by atoms with Crippen molar-refractivity contribution in [1.29, 1.82) is 0 Å². The summed E-state index contributed by atoms with van der Waals surface area (Å²) < 4.78 is 0. The Kier molecular flexibility index (Phi) is 4.86. The van der Waals surface area contributed by atoms with E-state index < -0.39 is 30.8 Å². The topological polar surface area (TPSA) is 101 Å². The van der Waals surface area contributed by atoms with Gasteiger partial charge < -0.3 is 24.7 Å². The fourth-order valence-electron chi connectivity index (χ4n) is 1.40. The molecule has 0 heterocycles. The Morgan fingerprint density at radius 1 is 1.00 bits per heavy atom. The van der Waals surface area contributed by atoms with E-state index in [4.69, 9.17) is 0 Å². The Morgan fingerprint density at radius 2 is 1.61 bits per heavy atom. The molecule has 0 atom stereocenters. The highest BCUT2D eigenvalue weighted by Gasteiger charge is 2.15. The van der Waals surface area contributed by atoms with Gasteiger partial charge in [-0.25, -0.2) is 0 Å². The predicted octanol–water partition coefficient (Wildman–Crippen LogP) is -1.98. The van der Waals surface area contributed by atoms with Gasteiger partial charge in [-0.05, 0) is 12.1 Å². The maximum Gasteiger partial charge on any atom is 0.254 e. The Hall–Kier alpha value is -2.37. The fraction of sp³-hybridized carbons (Fsp3) is 0.250. The van der Waals surface area contributed by atoms with Crippen LogP contribution in [-0.4, -0.2) is 35.8 Å². The minimum Gasteiger partial charge on any atom is -0.550 e. The SMILES string of the molecule is O=C([O-])CCN(CC(=O)[O-])C(=O)c1ccccc1. The summed E-state index contributed by atoms with van der Waals surface area (Å²) in [5.41, 5.74) is 0.289. The average molecular weight is 249 g/mol. The maximum atomic E-state index is 11.9. The van der Waals surface area contributed by atoms with Crippen molar-refractivity contribution in [3.05, 3.63) is 35.9 Å². The molecule has 0 aliphatic carbocycles. The zero-order valence-corrected chi connectivity index (χ0v) is 9.50. The second-order valence-corrected chi connectivity index (χ2v) is 3.59. The molecule has 0 saturated heterocycles. The van der Waals surface area contributed by atoms with Crippen LogP contribution in [0.2, 0.25) is 0 Å². The van der Waals surface area contributed by atoms with Crippen LogP contribution in [0, 0.1) is 0 Å². The number of carbonyl (C=O) groups is 3. The molecule has 6 heteroatoms. The summed E-state index contributed by atoms with van der Waals surface area (Å²) in [5, 5.41) is 20.9. The van der Waals surface area contributed by atoms with Gasteiger partial charge in [0.15, 0.2) is 0 Å². The van der Waals surface area contributed by atoms with E-state index in [9.17, 15) is 24.6 Å². The van der Waals surface area contributed by atoms with Gasteiger partial charge in [0.2, 0.25) is 0 Å². The molecule has 0 spiro atoms. The number of aliphatic carboxylic acids is 2. The lowest BCUT2D eigenvalue weighted by atomic mass is 10.2. The zero-order chi connectivity index (χ0) is 13.5. The quantitative estimate of drug-likeness (QED) is 0.581. The van der Waals surface area contributed by atoms with Crippen molar-refractivity contribution in [1.82, 2.24) is 4.90 Å². The number of nitrogens with zero attached hydrogens (tertiary/aromatic N) is 1. The molecule has 0 aliphatic heterocycles. The minimum absolute atomic E-state index is 0.232. The van der Waals surface area contributed by atoms with E-state index in [0.29, 0.717) is 0 Å². The highest BCUT2D eigenvalue weighted by molar-refractivity contribution is 5.95. The average Bonchev–Trinajstić information content (AvgIpc) is 2.34. The number of rotatable bonds is 6. The maximum absolute atomic E-state index is 11.9. The number of hydrogen-bond acceptors (Lipinski definition) is 5. The molecule has 0 bridgehead atoms. The van der Waals surface area contributed by atoms with Crippen LogP contribution in [0.3, 0.4) is 0 Å². The summed E-state index contributed by atoms with van der Waals surface area (Å²) in [6.45, 7) is -0.884. The van der Waals surface area contributed by atoms with Crippen LogP contribution in [0.5, 0.6) is 0 Å². The second kappa shape index (κ2) is 6.39. The molecule has 1 aromatic rings. The first-order valence-corrected chi connectivity index (χ1v) is 5.24. The smallest absolute Gasteiger partial charge is 0.254 e. The molecule has 0 unspecified atom stereocenters. The fourth-order valence-corrected chi connectivity index (χ4v) is 1.40. The van der Waals surface area contributed by atoms with Gasteiger partial charge in [-0.2, -0.15) is 0 Å². The van der Waals surface area contributed by atoms with Crippen molar-refractivity contribution in [2.45, 2.75) is 6.42 Å². The summed E-state index contributed by atoms with van der Waals surface area (Å²) in [5.74, 6) is -3.35. The first kappa shape index (κ1) is 13.7. The molecular formula is C12H11NO5-2. The van der Waals surface area contributed by atoms with E-state index >= 15 is 0 Å². The standard InChI is InChI=1S/C12H13NO5/c14-10(15)6-7-13(8-11(16)17)12(18)9-4-2-1-3-5-9/h1-5H,6-8H2,(H,14,15)(H,16,17)/p-2. The van der Waals surface area contributed by atoms with E-state index in [-0.39, 0.29) is 12.1 Å². The van der Waals surface area contributed by atoms with Gasteiger partial charge in [0.1, 0.15) is 0 Å². The number of carboxylic acids is 2. The van der Waals surface area contributed by atoms with Gasteiger partial charge in [0.05, 0.1) is 12.5 Å². The molecule has 1 amide bonds. The third kappa shape index (κ3) is 4.25. The third-order valence-electron chi connectivity index (χ3n) is 2.21. The molecule has 6 nitrogen and oxygen atoms in total. The zero-order valence-electron chi connectivity index (χ0n) is 9.50. The molecule has 0 N–H and O–H groups in total. The van der Waals surface area contributed by atoms with Crippen LogP contribution in [0.15, 0.2) is 30.3 Å². The molecular weight excluding hydrogens is 238 g/mol. The van der Waals surface area contributed by atoms with Crippen LogP contribution < -0.4 is 10.2 Å². The number of amides is 1. The van der Waals surface area contributed by atoms with Gasteiger partial charge in [0, 0.05) is 24.5 Å². The van der Waals surface area contributed by atoms with E-state index in [2.05, 4.69) is 0 Å². The van der Waals surface area contributed by atoms with Gasteiger partial charge in [0.25, 0.3) is 5.91 Å². The number of hydrogen-bond donors (Lipinski definition) is 0. The van der Waals surface area contributed by atoms with E-state index in [0.717, 1.165) is 4.90 Å². The van der Waals surface area contributed by atoms with E-state index in [1.165, 1.54) is 12.1 Å². The number of benzene rings is 1. The van der Waals surface area contributed by atoms with Crippen molar-refractivity contribution in [2.24, 2.45) is 0 Å². The largest absolute Gasteiger partial charge is 0.550 e. The summed E-state index contributed by atoms with van der Waals surface area (Å²) in [6, 6.07) is 8.00. The van der Waals surface area contributed by atoms with Gasteiger partial charge in [-0.15, -0.1) is 0 Å².